The summed E-state index contributed by atoms with van der Waals surface area (Å²) in [6, 6.07) is 7.63. The molecule has 0 aromatic heterocycles. The second-order valence-electron chi connectivity index (χ2n) is 5.94. The molecule has 1 aliphatic rings. The first-order valence-electron chi connectivity index (χ1n) is 7.73. The van der Waals surface area contributed by atoms with Crippen LogP contribution in [0.4, 0.5) is 0 Å². The Hall–Kier alpha value is -1.60. The van der Waals surface area contributed by atoms with Crippen LogP contribution in [0.2, 0.25) is 0 Å². The van der Waals surface area contributed by atoms with Crippen molar-refractivity contribution in [3.63, 3.8) is 0 Å². The number of amides is 1. The molecule has 1 fully saturated rings. The van der Waals surface area contributed by atoms with E-state index >= 15 is 0 Å². The summed E-state index contributed by atoms with van der Waals surface area (Å²) in [6.07, 6.45) is 1.74. The van der Waals surface area contributed by atoms with Crippen molar-refractivity contribution in [1.29, 1.82) is 0 Å². The summed E-state index contributed by atoms with van der Waals surface area (Å²) in [4.78, 5) is 12.5. The van der Waals surface area contributed by atoms with Crippen molar-refractivity contribution < 1.29 is 17.9 Å². The summed E-state index contributed by atoms with van der Waals surface area (Å²) in [5.74, 6) is 0.313. The molecule has 0 spiro atoms. The highest BCUT2D eigenvalue weighted by atomic mass is 32.2. The molecular formula is C16H24N2O4S. The maximum Gasteiger partial charge on any atom is 0.241 e. The minimum absolute atomic E-state index is 0.275. The molecule has 1 heterocycles. The zero-order valence-electron chi connectivity index (χ0n) is 13.6. The number of hydrogen-bond acceptors (Lipinski definition) is 5. The zero-order chi connectivity index (χ0) is 16.9. The second-order valence-corrected chi connectivity index (χ2v) is 8.26. The van der Waals surface area contributed by atoms with Crippen molar-refractivity contribution in [3.05, 3.63) is 29.8 Å². The molecule has 1 aliphatic heterocycles. The number of sulfone groups is 1. The van der Waals surface area contributed by atoms with Crippen molar-refractivity contribution in [2.45, 2.75) is 24.5 Å². The van der Waals surface area contributed by atoms with Crippen molar-refractivity contribution >= 4 is 15.7 Å². The van der Waals surface area contributed by atoms with Crippen LogP contribution in [-0.4, -0.2) is 51.6 Å². The standard InChI is InChI=1S/C16H24N2O4S/c1-13-4-3-5-14(12-13)22-11-10-18-15(19)16(23(2,20)21)6-8-17-9-7-16/h3-5,12,17H,6-11H2,1-2H3,(H,18,19). The number of piperidine rings is 1. The predicted octanol–water partition coefficient (Wildman–Crippen LogP) is 0.657. The molecule has 1 saturated heterocycles. The monoisotopic (exact) mass is 340 g/mol. The van der Waals surface area contributed by atoms with Gasteiger partial charge in [-0.2, -0.15) is 0 Å². The number of benzene rings is 1. The van der Waals surface area contributed by atoms with Crippen LogP contribution in [0.15, 0.2) is 24.3 Å². The minimum atomic E-state index is -3.47. The highest BCUT2D eigenvalue weighted by Crippen LogP contribution is 2.27. The third kappa shape index (κ3) is 4.23. The van der Waals surface area contributed by atoms with Gasteiger partial charge in [0.15, 0.2) is 14.6 Å². The van der Waals surface area contributed by atoms with Gasteiger partial charge in [-0.15, -0.1) is 0 Å². The molecule has 1 aromatic carbocycles. The molecule has 0 unspecified atom stereocenters. The summed E-state index contributed by atoms with van der Waals surface area (Å²) in [5.41, 5.74) is 1.09. The van der Waals surface area contributed by atoms with E-state index < -0.39 is 20.5 Å². The maximum atomic E-state index is 12.5. The normalized spacial score (nSPS) is 17.5. The van der Waals surface area contributed by atoms with Crippen molar-refractivity contribution in [2.24, 2.45) is 0 Å². The SMILES string of the molecule is Cc1cccc(OCCNC(=O)C2(S(C)(=O)=O)CCNCC2)c1. The van der Waals surface area contributed by atoms with E-state index in [1.807, 2.05) is 31.2 Å². The average molecular weight is 340 g/mol. The van der Waals surface area contributed by atoms with Gasteiger partial charge >= 0.3 is 0 Å². The third-order valence-corrected chi connectivity index (χ3v) is 6.19. The van der Waals surface area contributed by atoms with Crippen molar-refractivity contribution in [1.82, 2.24) is 10.6 Å². The van der Waals surface area contributed by atoms with E-state index in [1.54, 1.807) is 0 Å². The van der Waals surface area contributed by atoms with E-state index in [0.29, 0.717) is 32.5 Å². The smallest absolute Gasteiger partial charge is 0.241 e. The Kier molecular flexibility index (Phi) is 5.64. The summed E-state index contributed by atoms with van der Waals surface area (Å²) in [6.45, 7) is 3.60. The number of hydrogen-bond donors (Lipinski definition) is 2. The highest BCUT2D eigenvalue weighted by molar-refractivity contribution is 7.92. The first-order valence-corrected chi connectivity index (χ1v) is 9.62. The Morgan fingerprint density at radius 1 is 1.35 bits per heavy atom. The number of aryl methyl sites for hydroxylation is 1. The van der Waals surface area contributed by atoms with Gasteiger partial charge in [0.1, 0.15) is 12.4 Å². The van der Waals surface area contributed by atoms with Crippen LogP contribution in [0.1, 0.15) is 18.4 Å². The molecule has 2 N–H and O–H groups in total. The van der Waals surface area contributed by atoms with Gasteiger partial charge in [0, 0.05) is 6.26 Å². The van der Waals surface area contributed by atoms with E-state index in [2.05, 4.69) is 10.6 Å². The number of rotatable bonds is 6. The van der Waals surface area contributed by atoms with Gasteiger partial charge in [-0.25, -0.2) is 8.42 Å². The van der Waals surface area contributed by atoms with Crippen molar-refractivity contribution in [3.8, 4) is 5.75 Å². The van der Waals surface area contributed by atoms with Crippen LogP contribution in [0.3, 0.4) is 0 Å². The zero-order valence-corrected chi connectivity index (χ0v) is 14.4. The molecule has 128 valence electrons. The van der Waals surface area contributed by atoms with E-state index in [4.69, 9.17) is 4.74 Å². The Labute approximate surface area is 137 Å². The minimum Gasteiger partial charge on any atom is -0.492 e. The Balaban J connectivity index is 1.90. The number of ether oxygens (including phenoxy) is 1. The van der Waals surface area contributed by atoms with E-state index in [0.717, 1.165) is 17.6 Å². The van der Waals surface area contributed by atoms with Crippen LogP contribution >= 0.6 is 0 Å². The lowest BCUT2D eigenvalue weighted by atomic mass is 9.96. The second kappa shape index (κ2) is 7.31. The number of carbonyl (C=O) groups is 1. The van der Waals surface area contributed by atoms with Gasteiger partial charge in [0.05, 0.1) is 6.54 Å². The van der Waals surface area contributed by atoms with Gasteiger partial charge in [0.2, 0.25) is 5.91 Å². The van der Waals surface area contributed by atoms with E-state index in [1.165, 1.54) is 0 Å². The number of nitrogens with one attached hydrogen (secondary N) is 2. The average Bonchev–Trinajstić information content (AvgIpc) is 2.51. The van der Waals surface area contributed by atoms with Crippen LogP contribution in [0.25, 0.3) is 0 Å². The fourth-order valence-electron chi connectivity index (χ4n) is 2.80. The molecule has 7 heteroatoms. The fourth-order valence-corrected chi connectivity index (χ4v) is 4.15. The summed E-state index contributed by atoms with van der Waals surface area (Å²) >= 11 is 0. The Morgan fingerprint density at radius 3 is 2.65 bits per heavy atom. The van der Waals surface area contributed by atoms with E-state index in [9.17, 15) is 13.2 Å². The molecule has 0 bridgehead atoms. The summed E-state index contributed by atoms with van der Waals surface area (Å²) < 4.78 is 28.5. The molecule has 0 radical (unpaired) electrons. The lowest BCUT2D eigenvalue weighted by Crippen LogP contribution is -2.57. The van der Waals surface area contributed by atoms with Crippen LogP contribution in [-0.2, 0) is 14.6 Å². The third-order valence-electron chi connectivity index (χ3n) is 4.18. The molecule has 23 heavy (non-hydrogen) atoms. The van der Waals surface area contributed by atoms with Crippen LogP contribution in [0, 0.1) is 6.92 Å². The number of carbonyl (C=O) groups excluding carboxylic acids is 1. The van der Waals surface area contributed by atoms with Gasteiger partial charge in [-0.1, -0.05) is 12.1 Å². The molecule has 1 amide bonds. The van der Waals surface area contributed by atoms with E-state index in [-0.39, 0.29) is 6.54 Å². The van der Waals surface area contributed by atoms with Gasteiger partial charge < -0.3 is 15.4 Å². The van der Waals surface area contributed by atoms with Gasteiger partial charge in [-0.05, 0) is 50.6 Å². The lowest BCUT2D eigenvalue weighted by molar-refractivity contribution is -0.124. The van der Waals surface area contributed by atoms with Gasteiger partial charge in [0.25, 0.3) is 0 Å². The van der Waals surface area contributed by atoms with Crippen LogP contribution < -0.4 is 15.4 Å². The topological polar surface area (TPSA) is 84.5 Å². The van der Waals surface area contributed by atoms with Crippen LogP contribution in [0.5, 0.6) is 5.75 Å². The molecule has 6 nitrogen and oxygen atoms in total. The molecule has 1 aromatic rings. The summed E-state index contributed by atoms with van der Waals surface area (Å²) in [5, 5.41) is 5.81. The molecular weight excluding hydrogens is 316 g/mol. The summed E-state index contributed by atoms with van der Waals surface area (Å²) in [7, 11) is -3.47. The van der Waals surface area contributed by atoms with Gasteiger partial charge in [-0.3, -0.25) is 4.79 Å². The first kappa shape index (κ1) is 17.7. The lowest BCUT2D eigenvalue weighted by Gasteiger charge is -2.34. The molecule has 0 atom stereocenters. The maximum absolute atomic E-state index is 12.5. The quantitative estimate of drug-likeness (QED) is 0.743. The predicted molar refractivity (Wildman–Crippen MR) is 89.4 cm³/mol. The highest BCUT2D eigenvalue weighted by Gasteiger charge is 2.48. The molecule has 0 saturated carbocycles. The fraction of sp³-hybridized carbons (Fsp3) is 0.562. The first-order chi connectivity index (χ1) is 10.8. The molecule has 0 aliphatic carbocycles. The molecule has 2 rings (SSSR count). The Bertz CT molecular complexity index is 652. The van der Waals surface area contributed by atoms with Crippen molar-refractivity contribution in [2.75, 3.05) is 32.5 Å². The Morgan fingerprint density at radius 2 is 2.04 bits per heavy atom. The largest absolute Gasteiger partial charge is 0.492 e.